The van der Waals surface area contributed by atoms with E-state index < -0.39 is 0 Å². The van der Waals surface area contributed by atoms with Crippen LogP contribution in [0.1, 0.15) is 18.1 Å². The van der Waals surface area contributed by atoms with Crippen LogP contribution in [0.15, 0.2) is 36.9 Å². The maximum atomic E-state index is 5.74. The SMILES string of the molecule is C=CC(C)(CN)Cc1ccccc1C. The number of hydrogen-bond acceptors (Lipinski definition) is 1. The fourth-order valence-electron chi connectivity index (χ4n) is 1.47. The molecule has 1 nitrogen and oxygen atoms in total. The van der Waals surface area contributed by atoms with Crippen LogP contribution in [0.25, 0.3) is 0 Å². The van der Waals surface area contributed by atoms with Gasteiger partial charge in [0.05, 0.1) is 0 Å². The predicted molar refractivity (Wildman–Crippen MR) is 62.2 cm³/mol. The molecule has 1 rings (SSSR count). The summed E-state index contributed by atoms with van der Waals surface area (Å²) in [4.78, 5) is 0. The Labute approximate surface area is 86.6 Å². The molecular weight excluding hydrogens is 170 g/mol. The molecule has 2 N–H and O–H groups in total. The van der Waals surface area contributed by atoms with Crippen molar-refractivity contribution in [3.8, 4) is 0 Å². The molecule has 0 saturated carbocycles. The van der Waals surface area contributed by atoms with Gasteiger partial charge in [-0.3, -0.25) is 0 Å². The number of aryl methyl sites for hydroxylation is 1. The van der Waals surface area contributed by atoms with E-state index >= 15 is 0 Å². The average Bonchev–Trinajstić information content (AvgIpc) is 2.21. The summed E-state index contributed by atoms with van der Waals surface area (Å²) >= 11 is 0. The van der Waals surface area contributed by atoms with Crippen LogP contribution < -0.4 is 5.73 Å². The maximum absolute atomic E-state index is 5.74. The first kappa shape index (κ1) is 11.0. The molecule has 0 amide bonds. The Morgan fingerprint density at radius 3 is 2.57 bits per heavy atom. The van der Waals surface area contributed by atoms with Crippen molar-refractivity contribution in [1.29, 1.82) is 0 Å². The van der Waals surface area contributed by atoms with Crippen LogP contribution in [0.4, 0.5) is 0 Å². The van der Waals surface area contributed by atoms with E-state index in [9.17, 15) is 0 Å². The normalized spacial score (nSPS) is 14.8. The van der Waals surface area contributed by atoms with E-state index in [-0.39, 0.29) is 5.41 Å². The molecule has 0 bridgehead atoms. The standard InChI is InChI=1S/C13H19N/c1-4-13(3,10-14)9-12-8-6-5-7-11(12)2/h4-8H,1,9-10,14H2,2-3H3. The van der Waals surface area contributed by atoms with Gasteiger partial charge in [-0.15, -0.1) is 6.58 Å². The number of benzene rings is 1. The highest BCUT2D eigenvalue weighted by Crippen LogP contribution is 2.23. The van der Waals surface area contributed by atoms with E-state index in [0.717, 1.165) is 6.42 Å². The molecule has 0 fully saturated rings. The summed E-state index contributed by atoms with van der Waals surface area (Å²) < 4.78 is 0. The number of rotatable bonds is 4. The van der Waals surface area contributed by atoms with Crippen molar-refractivity contribution in [2.24, 2.45) is 11.1 Å². The third-order valence-electron chi connectivity index (χ3n) is 2.81. The summed E-state index contributed by atoms with van der Waals surface area (Å²) in [6.07, 6.45) is 2.93. The molecule has 0 aliphatic rings. The summed E-state index contributed by atoms with van der Waals surface area (Å²) in [5.41, 5.74) is 8.45. The van der Waals surface area contributed by atoms with Crippen molar-refractivity contribution in [2.45, 2.75) is 20.3 Å². The minimum Gasteiger partial charge on any atom is -0.330 e. The van der Waals surface area contributed by atoms with Crippen molar-refractivity contribution < 1.29 is 0 Å². The van der Waals surface area contributed by atoms with Gasteiger partial charge in [0.2, 0.25) is 0 Å². The van der Waals surface area contributed by atoms with Crippen LogP contribution in [-0.4, -0.2) is 6.54 Å². The number of hydrogen-bond donors (Lipinski definition) is 1. The second-order valence-corrected chi connectivity index (χ2v) is 4.17. The molecule has 1 unspecified atom stereocenters. The zero-order chi connectivity index (χ0) is 10.6. The minimum atomic E-state index is 0.0200. The van der Waals surface area contributed by atoms with Gasteiger partial charge >= 0.3 is 0 Å². The first-order chi connectivity index (χ1) is 6.61. The summed E-state index contributed by atoms with van der Waals surface area (Å²) in [6.45, 7) is 8.77. The van der Waals surface area contributed by atoms with Gasteiger partial charge in [0.25, 0.3) is 0 Å². The van der Waals surface area contributed by atoms with Gasteiger partial charge in [-0.05, 0) is 24.5 Å². The van der Waals surface area contributed by atoms with Gasteiger partial charge in [-0.2, -0.15) is 0 Å². The molecule has 1 aromatic rings. The molecule has 0 saturated heterocycles. The minimum absolute atomic E-state index is 0.0200. The fourth-order valence-corrected chi connectivity index (χ4v) is 1.47. The Kier molecular flexibility index (Phi) is 3.48. The molecule has 1 aromatic carbocycles. The average molecular weight is 189 g/mol. The monoisotopic (exact) mass is 189 g/mol. The summed E-state index contributed by atoms with van der Waals surface area (Å²) in [7, 11) is 0. The predicted octanol–water partition coefficient (Wildman–Crippen LogP) is 2.69. The lowest BCUT2D eigenvalue weighted by atomic mass is 9.83. The molecule has 0 aliphatic carbocycles. The molecule has 14 heavy (non-hydrogen) atoms. The van der Waals surface area contributed by atoms with Crippen LogP contribution in [0.5, 0.6) is 0 Å². The van der Waals surface area contributed by atoms with Gasteiger partial charge in [0.1, 0.15) is 0 Å². The Hall–Kier alpha value is -1.08. The van der Waals surface area contributed by atoms with Crippen molar-refractivity contribution >= 4 is 0 Å². The first-order valence-corrected chi connectivity index (χ1v) is 4.99. The molecule has 0 aliphatic heterocycles. The molecular formula is C13H19N. The van der Waals surface area contributed by atoms with Gasteiger partial charge in [-0.1, -0.05) is 37.3 Å². The largest absolute Gasteiger partial charge is 0.330 e. The molecule has 1 atom stereocenters. The zero-order valence-corrected chi connectivity index (χ0v) is 9.09. The van der Waals surface area contributed by atoms with E-state index in [2.05, 4.69) is 44.7 Å². The fraction of sp³-hybridized carbons (Fsp3) is 0.385. The lowest BCUT2D eigenvalue weighted by Gasteiger charge is -2.24. The van der Waals surface area contributed by atoms with Crippen LogP contribution in [0.3, 0.4) is 0 Å². The lowest BCUT2D eigenvalue weighted by Crippen LogP contribution is -2.27. The summed E-state index contributed by atoms with van der Waals surface area (Å²) in [5.74, 6) is 0. The second-order valence-electron chi connectivity index (χ2n) is 4.17. The van der Waals surface area contributed by atoms with Crippen molar-refractivity contribution in [2.75, 3.05) is 6.54 Å². The second kappa shape index (κ2) is 4.43. The third-order valence-corrected chi connectivity index (χ3v) is 2.81. The van der Waals surface area contributed by atoms with Crippen LogP contribution in [-0.2, 0) is 6.42 Å². The van der Waals surface area contributed by atoms with Crippen LogP contribution in [0.2, 0.25) is 0 Å². The molecule has 0 heterocycles. The summed E-state index contributed by atoms with van der Waals surface area (Å²) in [5, 5.41) is 0. The lowest BCUT2D eigenvalue weighted by molar-refractivity contribution is 0.438. The number of nitrogens with two attached hydrogens (primary N) is 1. The first-order valence-electron chi connectivity index (χ1n) is 4.99. The van der Waals surface area contributed by atoms with Crippen LogP contribution >= 0.6 is 0 Å². The van der Waals surface area contributed by atoms with Gasteiger partial charge in [0.15, 0.2) is 0 Å². The van der Waals surface area contributed by atoms with E-state index in [1.807, 2.05) is 6.08 Å². The van der Waals surface area contributed by atoms with E-state index in [1.165, 1.54) is 11.1 Å². The van der Waals surface area contributed by atoms with Crippen molar-refractivity contribution in [3.05, 3.63) is 48.0 Å². The molecule has 0 spiro atoms. The molecule has 0 aromatic heterocycles. The highest BCUT2D eigenvalue weighted by Gasteiger charge is 2.19. The Bertz CT molecular complexity index is 317. The summed E-state index contributed by atoms with van der Waals surface area (Å²) in [6, 6.07) is 8.43. The van der Waals surface area contributed by atoms with Gasteiger partial charge in [0, 0.05) is 12.0 Å². The zero-order valence-electron chi connectivity index (χ0n) is 9.09. The highest BCUT2D eigenvalue weighted by molar-refractivity contribution is 5.27. The van der Waals surface area contributed by atoms with E-state index in [0.29, 0.717) is 6.54 Å². The van der Waals surface area contributed by atoms with Crippen molar-refractivity contribution in [1.82, 2.24) is 0 Å². The highest BCUT2D eigenvalue weighted by atomic mass is 14.6. The topological polar surface area (TPSA) is 26.0 Å². The van der Waals surface area contributed by atoms with Crippen LogP contribution in [0, 0.1) is 12.3 Å². The Balaban J connectivity index is 2.87. The smallest absolute Gasteiger partial charge is 0.00146 e. The Morgan fingerprint density at radius 1 is 1.43 bits per heavy atom. The Morgan fingerprint density at radius 2 is 2.07 bits per heavy atom. The van der Waals surface area contributed by atoms with Crippen molar-refractivity contribution in [3.63, 3.8) is 0 Å². The van der Waals surface area contributed by atoms with E-state index in [4.69, 9.17) is 5.73 Å². The third kappa shape index (κ3) is 2.46. The molecule has 76 valence electrons. The maximum Gasteiger partial charge on any atom is 0.00146 e. The van der Waals surface area contributed by atoms with Gasteiger partial charge < -0.3 is 5.73 Å². The quantitative estimate of drug-likeness (QED) is 0.724. The van der Waals surface area contributed by atoms with Gasteiger partial charge in [-0.25, -0.2) is 0 Å². The molecule has 1 heteroatoms. The van der Waals surface area contributed by atoms with E-state index in [1.54, 1.807) is 0 Å². The molecule has 0 radical (unpaired) electrons.